The molecule has 0 saturated heterocycles. The lowest BCUT2D eigenvalue weighted by Crippen LogP contribution is -2.02. The van der Waals surface area contributed by atoms with Crippen molar-refractivity contribution in [3.8, 4) is 5.69 Å². The molecule has 0 atom stereocenters. The Kier molecular flexibility index (Phi) is 2.71. The monoisotopic (exact) mass is 230 g/mol. The number of carboxylic acid groups (broad SMARTS) is 1. The number of nitrogens with zero attached hydrogens (tertiary/aromatic N) is 2. The van der Waals surface area contributed by atoms with Crippen LogP contribution in [0.5, 0.6) is 0 Å². The first-order chi connectivity index (χ1) is 7.99. The van der Waals surface area contributed by atoms with E-state index in [9.17, 15) is 4.79 Å². The van der Waals surface area contributed by atoms with Gasteiger partial charge in [-0.15, -0.1) is 0 Å². The predicted octanol–water partition coefficient (Wildman–Crippen LogP) is 2.50. The van der Waals surface area contributed by atoms with Crippen molar-refractivity contribution in [3.63, 3.8) is 0 Å². The van der Waals surface area contributed by atoms with Crippen LogP contribution < -0.4 is 0 Å². The standard InChI is InChI=1S/C13H14N2O2/c1-8-4-5-11(13(16)17)6-12(8)15-7-9(2)14-10(15)3/h4-7H,1-3H3,(H,16,17). The molecule has 0 unspecified atom stereocenters. The molecule has 0 bridgehead atoms. The molecule has 1 aromatic heterocycles. The highest BCUT2D eigenvalue weighted by Gasteiger charge is 2.10. The lowest BCUT2D eigenvalue weighted by molar-refractivity contribution is 0.0697. The van der Waals surface area contributed by atoms with Gasteiger partial charge in [-0.25, -0.2) is 9.78 Å². The summed E-state index contributed by atoms with van der Waals surface area (Å²) in [5.74, 6) is -0.0612. The van der Waals surface area contributed by atoms with Crippen molar-refractivity contribution in [2.45, 2.75) is 20.8 Å². The van der Waals surface area contributed by atoms with Crippen LogP contribution in [0.3, 0.4) is 0 Å². The molecule has 4 nitrogen and oxygen atoms in total. The van der Waals surface area contributed by atoms with E-state index < -0.39 is 5.97 Å². The van der Waals surface area contributed by atoms with E-state index in [0.29, 0.717) is 0 Å². The summed E-state index contributed by atoms with van der Waals surface area (Å²) in [7, 11) is 0. The third kappa shape index (κ3) is 2.06. The molecule has 1 N–H and O–H groups in total. The zero-order valence-electron chi connectivity index (χ0n) is 10.1. The quantitative estimate of drug-likeness (QED) is 0.862. The highest BCUT2D eigenvalue weighted by Crippen LogP contribution is 2.18. The molecule has 0 fully saturated rings. The molecule has 1 heterocycles. The zero-order chi connectivity index (χ0) is 12.6. The van der Waals surface area contributed by atoms with Crippen LogP contribution in [0, 0.1) is 20.8 Å². The molecule has 17 heavy (non-hydrogen) atoms. The number of imidazole rings is 1. The molecule has 2 aromatic rings. The molecule has 0 radical (unpaired) electrons. The lowest BCUT2D eigenvalue weighted by Gasteiger charge is -2.09. The Labute approximate surface area is 99.5 Å². The number of carbonyl (C=O) groups is 1. The normalized spacial score (nSPS) is 10.5. The molecular formula is C13H14N2O2. The molecule has 0 aliphatic heterocycles. The highest BCUT2D eigenvalue weighted by atomic mass is 16.4. The van der Waals surface area contributed by atoms with Crippen LogP contribution in [0.1, 0.15) is 27.4 Å². The Balaban J connectivity index is 2.62. The van der Waals surface area contributed by atoms with Gasteiger partial charge < -0.3 is 9.67 Å². The maximum Gasteiger partial charge on any atom is 0.335 e. The van der Waals surface area contributed by atoms with Crippen LogP contribution in [-0.2, 0) is 0 Å². The Bertz CT molecular complexity index is 585. The van der Waals surface area contributed by atoms with Crippen LogP contribution in [0.2, 0.25) is 0 Å². The number of aromatic nitrogens is 2. The van der Waals surface area contributed by atoms with Crippen LogP contribution >= 0.6 is 0 Å². The number of hydrogen-bond donors (Lipinski definition) is 1. The second kappa shape index (κ2) is 4.05. The van der Waals surface area contributed by atoms with E-state index in [4.69, 9.17) is 5.11 Å². The number of carboxylic acids is 1. The van der Waals surface area contributed by atoms with Gasteiger partial charge >= 0.3 is 5.97 Å². The SMILES string of the molecule is Cc1cn(-c2cc(C(=O)O)ccc2C)c(C)n1. The van der Waals surface area contributed by atoms with Crippen molar-refractivity contribution in [2.24, 2.45) is 0 Å². The number of aryl methyl sites for hydroxylation is 3. The van der Waals surface area contributed by atoms with Crippen LogP contribution in [0.15, 0.2) is 24.4 Å². The first kappa shape index (κ1) is 11.4. The molecule has 0 spiro atoms. The minimum Gasteiger partial charge on any atom is -0.478 e. The first-order valence-electron chi connectivity index (χ1n) is 5.36. The third-order valence-electron chi connectivity index (χ3n) is 2.72. The van der Waals surface area contributed by atoms with Gasteiger partial charge in [-0.1, -0.05) is 6.07 Å². The predicted molar refractivity (Wildman–Crippen MR) is 64.7 cm³/mol. The van der Waals surface area contributed by atoms with E-state index in [1.54, 1.807) is 12.1 Å². The number of aromatic carboxylic acids is 1. The summed E-state index contributed by atoms with van der Waals surface area (Å²) in [5.41, 5.74) is 3.09. The van der Waals surface area contributed by atoms with Crippen LogP contribution in [-0.4, -0.2) is 20.6 Å². The summed E-state index contributed by atoms with van der Waals surface area (Å²) in [6.07, 6.45) is 1.91. The average molecular weight is 230 g/mol. The van der Waals surface area contributed by atoms with Gasteiger partial charge in [-0.3, -0.25) is 0 Å². The van der Waals surface area contributed by atoms with E-state index in [0.717, 1.165) is 22.8 Å². The van der Waals surface area contributed by atoms with Crippen molar-refractivity contribution in [1.29, 1.82) is 0 Å². The third-order valence-corrected chi connectivity index (χ3v) is 2.72. The Morgan fingerprint density at radius 3 is 2.53 bits per heavy atom. The highest BCUT2D eigenvalue weighted by molar-refractivity contribution is 5.88. The van der Waals surface area contributed by atoms with Crippen molar-refractivity contribution in [3.05, 3.63) is 47.0 Å². The largest absolute Gasteiger partial charge is 0.478 e. The molecule has 0 saturated carbocycles. The molecule has 2 rings (SSSR count). The van der Waals surface area contributed by atoms with Crippen molar-refractivity contribution in [1.82, 2.24) is 9.55 Å². The summed E-state index contributed by atoms with van der Waals surface area (Å²) in [6, 6.07) is 5.10. The molecule has 88 valence electrons. The summed E-state index contributed by atoms with van der Waals surface area (Å²) >= 11 is 0. The maximum atomic E-state index is 11.0. The fourth-order valence-electron chi connectivity index (χ4n) is 1.86. The van der Waals surface area contributed by atoms with E-state index in [1.165, 1.54) is 0 Å². The van der Waals surface area contributed by atoms with Gasteiger partial charge in [0.2, 0.25) is 0 Å². The van der Waals surface area contributed by atoms with Gasteiger partial charge in [0.25, 0.3) is 0 Å². The maximum absolute atomic E-state index is 11.0. The Morgan fingerprint density at radius 1 is 1.29 bits per heavy atom. The van der Waals surface area contributed by atoms with Crippen molar-refractivity contribution < 1.29 is 9.90 Å². The molecule has 1 aromatic carbocycles. The minimum atomic E-state index is -0.916. The summed E-state index contributed by atoms with van der Waals surface area (Å²) < 4.78 is 1.91. The topological polar surface area (TPSA) is 55.1 Å². The van der Waals surface area contributed by atoms with E-state index in [-0.39, 0.29) is 5.56 Å². The van der Waals surface area contributed by atoms with Crippen molar-refractivity contribution in [2.75, 3.05) is 0 Å². The van der Waals surface area contributed by atoms with Gasteiger partial charge in [-0.2, -0.15) is 0 Å². The zero-order valence-corrected chi connectivity index (χ0v) is 10.1. The van der Waals surface area contributed by atoms with Crippen LogP contribution in [0.4, 0.5) is 0 Å². The lowest BCUT2D eigenvalue weighted by atomic mass is 10.1. The van der Waals surface area contributed by atoms with Gasteiger partial charge in [0.1, 0.15) is 5.82 Å². The molecule has 0 aliphatic rings. The average Bonchev–Trinajstić information content (AvgIpc) is 2.58. The number of benzene rings is 1. The van der Waals surface area contributed by atoms with E-state index >= 15 is 0 Å². The van der Waals surface area contributed by atoms with Gasteiger partial charge in [-0.05, 0) is 38.5 Å². The number of rotatable bonds is 2. The molecular weight excluding hydrogens is 216 g/mol. The first-order valence-corrected chi connectivity index (χ1v) is 5.36. The Morgan fingerprint density at radius 2 is 2.00 bits per heavy atom. The van der Waals surface area contributed by atoms with Gasteiger partial charge in [0.15, 0.2) is 0 Å². The van der Waals surface area contributed by atoms with E-state index in [1.807, 2.05) is 37.6 Å². The fraction of sp³-hybridized carbons (Fsp3) is 0.231. The van der Waals surface area contributed by atoms with Gasteiger partial charge in [0, 0.05) is 6.20 Å². The summed E-state index contributed by atoms with van der Waals surface area (Å²) in [6.45, 7) is 5.77. The minimum absolute atomic E-state index is 0.288. The van der Waals surface area contributed by atoms with E-state index in [2.05, 4.69) is 4.98 Å². The smallest absolute Gasteiger partial charge is 0.335 e. The summed E-state index contributed by atoms with van der Waals surface area (Å²) in [4.78, 5) is 15.3. The summed E-state index contributed by atoms with van der Waals surface area (Å²) in [5, 5.41) is 9.00. The second-order valence-electron chi connectivity index (χ2n) is 4.11. The fourth-order valence-corrected chi connectivity index (χ4v) is 1.86. The number of hydrogen-bond acceptors (Lipinski definition) is 2. The van der Waals surface area contributed by atoms with Crippen molar-refractivity contribution >= 4 is 5.97 Å². The molecule has 0 amide bonds. The molecule has 0 aliphatic carbocycles. The Hall–Kier alpha value is -2.10. The van der Waals surface area contributed by atoms with Crippen LogP contribution in [0.25, 0.3) is 5.69 Å². The van der Waals surface area contributed by atoms with Gasteiger partial charge in [0.05, 0.1) is 16.9 Å². The second-order valence-corrected chi connectivity index (χ2v) is 4.11. The molecule has 4 heteroatoms.